The van der Waals surface area contributed by atoms with E-state index >= 15 is 0 Å². The van der Waals surface area contributed by atoms with Crippen LogP contribution >= 0.6 is 0 Å². The summed E-state index contributed by atoms with van der Waals surface area (Å²) >= 11 is 0. The van der Waals surface area contributed by atoms with Crippen molar-refractivity contribution in [2.24, 2.45) is 0 Å². The Balaban J connectivity index is 0.00000277. The highest BCUT2D eigenvalue weighted by Crippen LogP contribution is 2.18. The molecule has 0 saturated heterocycles. The zero-order valence-corrected chi connectivity index (χ0v) is 17.9. The molecule has 25 heavy (non-hydrogen) atoms. The zero-order valence-electron chi connectivity index (χ0n) is 17.9. The number of aryl methyl sites for hydroxylation is 1. The van der Waals surface area contributed by atoms with Gasteiger partial charge in [-0.2, -0.15) is 0 Å². The molecule has 0 atom stereocenters. The van der Waals surface area contributed by atoms with Crippen molar-refractivity contribution in [1.82, 2.24) is 0 Å². The molecular formula is C24H45N. The molecule has 0 spiro atoms. The summed E-state index contributed by atoms with van der Waals surface area (Å²) < 4.78 is 0. The van der Waals surface area contributed by atoms with Crippen LogP contribution in [0.5, 0.6) is 0 Å². The molecular weight excluding hydrogens is 302 g/mol. The average molecular weight is 348 g/mol. The number of benzene rings is 1. The summed E-state index contributed by atoms with van der Waals surface area (Å²) in [5, 5.41) is 0. The van der Waals surface area contributed by atoms with Crippen LogP contribution < -0.4 is 4.90 Å². The van der Waals surface area contributed by atoms with E-state index in [1.54, 1.807) is 0 Å². The minimum Gasteiger partial charge on any atom is -0.372 e. The van der Waals surface area contributed by atoms with Crippen molar-refractivity contribution in [3.05, 3.63) is 29.8 Å². The van der Waals surface area contributed by atoms with Gasteiger partial charge in [-0.25, -0.2) is 0 Å². The molecule has 0 fully saturated rings. The number of hydrogen-bond acceptors (Lipinski definition) is 1. The van der Waals surface area contributed by atoms with Gasteiger partial charge < -0.3 is 4.90 Å². The lowest BCUT2D eigenvalue weighted by Gasteiger charge is -2.25. The van der Waals surface area contributed by atoms with Crippen LogP contribution in [0.3, 0.4) is 0 Å². The Morgan fingerprint density at radius 1 is 0.680 bits per heavy atom. The first-order chi connectivity index (χ1) is 12.3. The van der Waals surface area contributed by atoms with Crippen LogP contribution in [0.1, 0.15) is 104 Å². The first-order valence-electron chi connectivity index (χ1n) is 11.1. The number of hydrogen-bond donors (Lipinski definition) is 0. The van der Waals surface area contributed by atoms with Gasteiger partial charge in [-0.1, -0.05) is 97.6 Å². The summed E-state index contributed by atoms with van der Waals surface area (Å²) in [6.45, 7) is 13.2. The van der Waals surface area contributed by atoms with Crippen LogP contribution in [0, 0.1) is 6.92 Å². The number of rotatable bonds is 14. The molecule has 0 aromatic heterocycles. The van der Waals surface area contributed by atoms with Gasteiger partial charge in [-0.15, -0.1) is 0 Å². The summed E-state index contributed by atoms with van der Waals surface area (Å²) in [6, 6.07) is 9.04. The van der Waals surface area contributed by atoms with E-state index < -0.39 is 0 Å². The summed E-state index contributed by atoms with van der Waals surface area (Å²) in [6.07, 6.45) is 15.1. The first-order valence-corrected chi connectivity index (χ1v) is 11.1. The molecule has 0 saturated carbocycles. The molecule has 0 unspecified atom stereocenters. The highest BCUT2D eigenvalue weighted by Gasteiger charge is 2.06. The molecule has 0 heterocycles. The van der Waals surface area contributed by atoms with Crippen LogP contribution in [-0.2, 0) is 0 Å². The van der Waals surface area contributed by atoms with Crippen LogP contribution in [0.4, 0.5) is 5.69 Å². The molecule has 0 radical (unpaired) electrons. The van der Waals surface area contributed by atoms with Crippen molar-refractivity contribution in [1.29, 1.82) is 0 Å². The summed E-state index contributed by atoms with van der Waals surface area (Å²) in [7, 11) is 0. The lowest BCUT2D eigenvalue weighted by Crippen LogP contribution is -2.25. The van der Waals surface area contributed by atoms with Crippen LogP contribution in [0.15, 0.2) is 24.3 Å². The van der Waals surface area contributed by atoms with E-state index in [-0.39, 0.29) is 0 Å². The van der Waals surface area contributed by atoms with E-state index in [0.29, 0.717) is 0 Å². The summed E-state index contributed by atoms with van der Waals surface area (Å²) in [4.78, 5) is 2.62. The van der Waals surface area contributed by atoms with Crippen LogP contribution in [0.25, 0.3) is 0 Å². The molecule has 0 aliphatic rings. The van der Waals surface area contributed by atoms with Gasteiger partial charge in [0, 0.05) is 18.8 Å². The Labute approximate surface area is 159 Å². The van der Waals surface area contributed by atoms with E-state index in [1.807, 2.05) is 13.8 Å². The van der Waals surface area contributed by atoms with Crippen molar-refractivity contribution < 1.29 is 0 Å². The van der Waals surface area contributed by atoms with Crippen molar-refractivity contribution >= 4 is 5.69 Å². The second-order valence-corrected chi connectivity index (χ2v) is 7.01. The number of nitrogens with zero attached hydrogens (tertiary/aromatic N) is 1. The van der Waals surface area contributed by atoms with Gasteiger partial charge >= 0.3 is 0 Å². The third-order valence-electron chi connectivity index (χ3n) is 4.68. The second kappa shape index (κ2) is 17.8. The summed E-state index contributed by atoms with van der Waals surface area (Å²) in [5.74, 6) is 0. The molecule has 0 bridgehead atoms. The van der Waals surface area contributed by atoms with E-state index in [1.165, 1.54) is 95.0 Å². The maximum atomic E-state index is 2.62. The fourth-order valence-corrected chi connectivity index (χ4v) is 3.18. The first kappa shape index (κ1) is 24.0. The highest BCUT2D eigenvalue weighted by atomic mass is 15.1. The Bertz CT molecular complexity index is 385. The Kier molecular flexibility index (Phi) is 17.1. The largest absolute Gasteiger partial charge is 0.372 e. The average Bonchev–Trinajstić information content (AvgIpc) is 2.64. The van der Waals surface area contributed by atoms with Gasteiger partial charge in [0.05, 0.1) is 0 Å². The second-order valence-electron chi connectivity index (χ2n) is 7.01. The lowest BCUT2D eigenvalue weighted by molar-refractivity contribution is 0.580. The zero-order chi connectivity index (χ0) is 18.8. The quantitative estimate of drug-likeness (QED) is 0.307. The SMILES string of the molecule is CC.CCCCCCCCN(CCCCCCC)c1cccc(C)c1. The van der Waals surface area contributed by atoms with Gasteiger partial charge in [0.1, 0.15) is 0 Å². The molecule has 0 aliphatic heterocycles. The monoisotopic (exact) mass is 347 g/mol. The Hall–Kier alpha value is -0.980. The van der Waals surface area contributed by atoms with Crippen molar-refractivity contribution in [2.45, 2.75) is 105 Å². The normalized spacial score (nSPS) is 10.3. The van der Waals surface area contributed by atoms with Crippen molar-refractivity contribution in [2.75, 3.05) is 18.0 Å². The minimum absolute atomic E-state index is 1.22. The lowest BCUT2D eigenvalue weighted by atomic mass is 10.1. The molecule has 1 aromatic rings. The van der Waals surface area contributed by atoms with E-state index in [4.69, 9.17) is 0 Å². The topological polar surface area (TPSA) is 3.24 Å². The van der Waals surface area contributed by atoms with E-state index in [2.05, 4.69) is 49.9 Å². The Morgan fingerprint density at radius 3 is 1.64 bits per heavy atom. The third-order valence-corrected chi connectivity index (χ3v) is 4.68. The van der Waals surface area contributed by atoms with Crippen molar-refractivity contribution in [3.63, 3.8) is 0 Å². The molecule has 1 rings (SSSR count). The summed E-state index contributed by atoms with van der Waals surface area (Å²) in [5.41, 5.74) is 2.80. The predicted octanol–water partition coefficient (Wildman–Crippen LogP) is 8.16. The molecule has 1 heteroatoms. The predicted molar refractivity (Wildman–Crippen MR) is 117 cm³/mol. The van der Waals surface area contributed by atoms with Crippen molar-refractivity contribution in [3.8, 4) is 0 Å². The molecule has 0 aliphatic carbocycles. The maximum absolute atomic E-state index is 2.62. The maximum Gasteiger partial charge on any atom is 0.0368 e. The molecule has 1 aromatic carbocycles. The van der Waals surface area contributed by atoms with Gasteiger partial charge in [0.2, 0.25) is 0 Å². The van der Waals surface area contributed by atoms with Gasteiger partial charge in [0.15, 0.2) is 0 Å². The van der Waals surface area contributed by atoms with Gasteiger partial charge in [-0.3, -0.25) is 0 Å². The van der Waals surface area contributed by atoms with Gasteiger partial charge in [-0.05, 0) is 37.5 Å². The number of anilines is 1. The molecule has 146 valence electrons. The Morgan fingerprint density at radius 2 is 1.16 bits per heavy atom. The molecule has 0 amide bonds. The van der Waals surface area contributed by atoms with Crippen LogP contribution in [0.2, 0.25) is 0 Å². The van der Waals surface area contributed by atoms with Gasteiger partial charge in [0.25, 0.3) is 0 Å². The van der Waals surface area contributed by atoms with E-state index in [9.17, 15) is 0 Å². The van der Waals surface area contributed by atoms with E-state index in [0.717, 1.165) is 0 Å². The fraction of sp³-hybridized carbons (Fsp3) is 0.750. The highest BCUT2D eigenvalue weighted by molar-refractivity contribution is 5.48. The minimum atomic E-state index is 1.22. The van der Waals surface area contributed by atoms with Crippen LogP contribution in [-0.4, -0.2) is 13.1 Å². The standard InChI is InChI=1S/C22H39N.C2H6/c1-4-6-8-10-12-14-19-23(18-13-11-9-7-5-2)22-17-15-16-21(3)20-22;1-2/h15-17,20H,4-14,18-19H2,1-3H3;1-2H3. The number of unbranched alkanes of at least 4 members (excludes halogenated alkanes) is 9. The fourth-order valence-electron chi connectivity index (χ4n) is 3.18. The third kappa shape index (κ3) is 13.0. The molecule has 1 nitrogen and oxygen atoms in total. The smallest absolute Gasteiger partial charge is 0.0368 e. The molecule has 0 N–H and O–H groups in total.